The lowest BCUT2D eigenvalue weighted by atomic mass is 10.2. The topological polar surface area (TPSA) is 32.3 Å². The van der Waals surface area contributed by atoms with Crippen molar-refractivity contribution in [2.45, 2.75) is 6.54 Å². The third-order valence-corrected chi connectivity index (χ3v) is 3.33. The molecule has 0 aliphatic carbocycles. The van der Waals surface area contributed by atoms with E-state index in [1.54, 1.807) is 11.0 Å². The fourth-order valence-corrected chi connectivity index (χ4v) is 2.06. The number of nitrogens with one attached hydrogen (secondary N) is 1. The minimum atomic E-state index is -0.277. The number of carbonyl (C=O) groups is 1. The molecular weight excluding hydrogens is 275 g/mol. The Kier molecular flexibility index (Phi) is 3.56. The number of amides is 1. The van der Waals surface area contributed by atoms with E-state index in [2.05, 4.69) is 21.2 Å². The zero-order valence-electron chi connectivity index (χ0n) is 8.67. The second-order valence-electron chi connectivity index (χ2n) is 3.73. The molecule has 1 heterocycles. The monoisotopic (exact) mass is 286 g/mol. The quantitative estimate of drug-likeness (QED) is 0.894. The molecule has 16 heavy (non-hydrogen) atoms. The molecule has 0 bridgehead atoms. The van der Waals surface area contributed by atoms with Gasteiger partial charge in [0.05, 0.1) is 6.54 Å². The van der Waals surface area contributed by atoms with E-state index >= 15 is 0 Å². The molecule has 1 aromatic rings. The van der Waals surface area contributed by atoms with Gasteiger partial charge in [-0.2, -0.15) is 0 Å². The molecule has 0 atom stereocenters. The molecular formula is C11H12BrFN2O. The van der Waals surface area contributed by atoms with E-state index in [-0.39, 0.29) is 11.7 Å². The number of hydrogen-bond donors (Lipinski definition) is 1. The molecule has 0 saturated carbocycles. The first kappa shape index (κ1) is 11.5. The van der Waals surface area contributed by atoms with Gasteiger partial charge in [-0.05, 0) is 23.8 Å². The highest BCUT2D eigenvalue weighted by atomic mass is 79.9. The van der Waals surface area contributed by atoms with Gasteiger partial charge in [0.1, 0.15) is 5.82 Å². The van der Waals surface area contributed by atoms with Crippen molar-refractivity contribution in [2.24, 2.45) is 0 Å². The maximum absolute atomic E-state index is 13.1. The normalized spacial score (nSPS) is 16.6. The van der Waals surface area contributed by atoms with Gasteiger partial charge >= 0.3 is 0 Å². The molecule has 0 aromatic heterocycles. The van der Waals surface area contributed by atoms with Crippen LogP contribution in [-0.2, 0) is 11.3 Å². The number of piperazine rings is 1. The number of carbonyl (C=O) groups excluding carboxylic acids is 1. The smallest absolute Gasteiger partial charge is 0.236 e. The minimum Gasteiger partial charge on any atom is -0.336 e. The second-order valence-corrected chi connectivity index (χ2v) is 4.58. The van der Waals surface area contributed by atoms with Crippen LogP contribution in [0.15, 0.2) is 22.7 Å². The van der Waals surface area contributed by atoms with Crippen LogP contribution in [0.2, 0.25) is 0 Å². The molecule has 86 valence electrons. The van der Waals surface area contributed by atoms with Gasteiger partial charge in [-0.1, -0.05) is 15.9 Å². The van der Waals surface area contributed by atoms with Crippen molar-refractivity contribution < 1.29 is 9.18 Å². The molecule has 1 aromatic carbocycles. The summed E-state index contributed by atoms with van der Waals surface area (Å²) in [7, 11) is 0. The van der Waals surface area contributed by atoms with Crippen molar-refractivity contribution in [1.29, 1.82) is 0 Å². The molecule has 0 radical (unpaired) electrons. The van der Waals surface area contributed by atoms with Crippen molar-refractivity contribution in [3.05, 3.63) is 34.1 Å². The SMILES string of the molecule is O=C1CNCCN1Cc1cc(F)ccc1Br. The van der Waals surface area contributed by atoms with Crippen LogP contribution in [0, 0.1) is 5.82 Å². The van der Waals surface area contributed by atoms with E-state index in [1.165, 1.54) is 12.1 Å². The minimum absolute atomic E-state index is 0.0578. The number of rotatable bonds is 2. The molecule has 5 heteroatoms. The Labute approximate surface area is 102 Å². The molecule has 0 unspecified atom stereocenters. The average Bonchev–Trinajstić information content (AvgIpc) is 2.27. The average molecular weight is 287 g/mol. The molecule has 1 N–H and O–H groups in total. The van der Waals surface area contributed by atoms with Gasteiger partial charge in [0.25, 0.3) is 0 Å². The highest BCUT2D eigenvalue weighted by molar-refractivity contribution is 9.10. The number of halogens is 2. The summed E-state index contributed by atoms with van der Waals surface area (Å²) in [6.07, 6.45) is 0. The lowest BCUT2D eigenvalue weighted by Gasteiger charge is -2.27. The van der Waals surface area contributed by atoms with Gasteiger partial charge in [0.2, 0.25) is 5.91 Å². The van der Waals surface area contributed by atoms with Crippen molar-refractivity contribution >= 4 is 21.8 Å². The first-order valence-electron chi connectivity index (χ1n) is 5.09. The van der Waals surface area contributed by atoms with Gasteiger partial charge in [-0.3, -0.25) is 4.79 Å². The number of benzene rings is 1. The maximum Gasteiger partial charge on any atom is 0.236 e. The van der Waals surface area contributed by atoms with Crippen LogP contribution in [0.3, 0.4) is 0 Å². The molecule has 0 spiro atoms. The summed E-state index contributed by atoms with van der Waals surface area (Å²) in [5.41, 5.74) is 0.801. The highest BCUT2D eigenvalue weighted by Gasteiger charge is 2.18. The summed E-state index contributed by atoms with van der Waals surface area (Å²) < 4.78 is 13.9. The first-order chi connectivity index (χ1) is 7.66. The van der Waals surface area contributed by atoms with Crippen LogP contribution in [0.4, 0.5) is 4.39 Å². The van der Waals surface area contributed by atoms with Crippen molar-refractivity contribution in [1.82, 2.24) is 10.2 Å². The first-order valence-corrected chi connectivity index (χ1v) is 5.88. The summed E-state index contributed by atoms with van der Waals surface area (Å²) in [6, 6.07) is 4.52. The van der Waals surface area contributed by atoms with Crippen LogP contribution < -0.4 is 5.32 Å². The maximum atomic E-state index is 13.1. The second kappa shape index (κ2) is 4.93. The third-order valence-electron chi connectivity index (χ3n) is 2.56. The van der Waals surface area contributed by atoms with Crippen molar-refractivity contribution in [3.8, 4) is 0 Å². The standard InChI is InChI=1S/C11H12BrFN2O/c12-10-2-1-9(13)5-8(10)7-15-4-3-14-6-11(15)16/h1-2,5,14H,3-4,6-7H2. The highest BCUT2D eigenvalue weighted by Crippen LogP contribution is 2.19. The molecule has 1 fully saturated rings. The Morgan fingerprint density at radius 2 is 2.31 bits per heavy atom. The van der Waals surface area contributed by atoms with E-state index < -0.39 is 0 Å². The fourth-order valence-electron chi connectivity index (χ4n) is 1.68. The van der Waals surface area contributed by atoms with E-state index in [0.717, 1.165) is 16.6 Å². The molecule has 1 aliphatic heterocycles. The lowest BCUT2D eigenvalue weighted by Crippen LogP contribution is -2.47. The molecule has 1 amide bonds. The zero-order chi connectivity index (χ0) is 11.5. The van der Waals surface area contributed by atoms with Crippen LogP contribution in [0.1, 0.15) is 5.56 Å². The zero-order valence-corrected chi connectivity index (χ0v) is 10.3. The molecule has 2 rings (SSSR count). The Morgan fingerprint density at radius 3 is 3.06 bits per heavy atom. The Hall–Kier alpha value is -0.940. The summed E-state index contributed by atoms with van der Waals surface area (Å²) in [4.78, 5) is 13.3. The van der Waals surface area contributed by atoms with E-state index in [1.807, 2.05) is 0 Å². The van der Waals surface area contributed by atoms with Gasteiger partial charge in [0, 0.05) is 24.1 Å². The Bertz CT molecular complexity index is 411. The van der Waals surface area contributed by atoms with Gasteiger partial charge in [0.15, 0.2) is 0 Å². The predicted molar refractivity (Wildman–Crippen MR) is 62.4 cm³/mol. The third kappa shape index (κ3) is 2.59. The summed E-state index contributed by atoms with van der Waals surface area (Å²) >= 11 is 3.36. The van der Waals surface area contributed by atoms with Crippen LogP contribution >= 0.6 is 15.9 Å². The van der Waals surface area contributed by atoms with E-state index in [9.17, 15) is 9.18 Å². The Balaban J connectivity index is 2.13. The van der Waals surface area contributed by atoms with Crippen LogP contribution in [-0.4, -0.2) is 30.4 Å². The number of hydrogen-bond acceptors (Lipinski definition) is 2. The fraction of sp³-hybridized carbons (Fsp3) is 0.364. The van der Waals surface area contributed by atoms with Crippen LogP contribution in [0.25, 0.3) is 0 Å². The lowest BCUT2D eigenvalue weighted by molar-refractivity contribution is -0.132. The Morgan fingerprint density at radius 1 is 1.50 bits per heavy atom. The molecule has 1 saturated heterocycles. The van der Waals surface area contributed by atoms with Crippen molar-refractivity contribution in [2.75, 3.05) is 19.6 Å². The molecule has 1 aliphatic rings. The predicted octanol–water partition coefficient (Wildman–Crippen LogP) is 1.52. The van der Waals surface area contributed by atoms with Crippen molar-refractivity contribution in [3.63, 3.8) is 0 Å². The largest absolute Gasteiger partial charge is 0.336 e. The van der Waals surface area contributed by atoms with Gasteiger partial charge in [-0.25, -0.2) is 4.39 Å². The summed E-state index contributed by atoms with van der Waals surface area (Å²) in [6.45, 7) is 2.28. The summed E-state index contributed by atoms with van der Waals surface area (Å²) in [5.74, 6) is -0.219. The molecule has 3 nitrogen and oxygen atoms in total. The van der Waals surface area contributed by atoms with Crippen LogP contribution in [0.5, 0.6) is 0 Å². The van der Waals surface area contributed by atoms with Gasteiger partial charge < -0.3 is 10.2 Å². The van der Waals surface area contributed by atoms with E-state index in [4.69, 9.17) is 0 Å². The summed E-state index contributed by atoms with van der Waals surface area (Å²) in [5, 5.41) is 3.00. The van der Waals surface area contributed by atoms with E-state index in [0.29, 0.717) is 19.6 Å². The number of nitrogens with zero attached hydrogens (tertiary/aromatic N) is 1. The van der Waals surface area contributed by atoms with Gasteiger partial charge in [-0.15, -0.1) is 0 Å².